The maximum absolute atomic E-state index is 14.3. The van der Waals surface area contributed by atoms with Crippen LogP contribution in [-0.2, 0) is 0 Å². The molecule has 158 valence electrons. The third-order valence-electron chi connectivity index (χ3n) is 4.38. The van der Waals surface area contributed by atoms with Gasteiger partial charge in [-0.15, -0.1) is 12.4 Å². The van der Waals surface area contributed by atoms with E-state index in [0.29, 0.717) is 38.0 Å². The summed E-state index contributed by atoms with van der Waals surface area (Å²) in [6, 6.07) is 15.2. The average Bonchev–Trinajstić information content (AvgIpc) is 2.70. The lowest BCUT2D eigenvalue weighted by atomic mass is 9.96. The van der Waals surface area contributed by atoms with E-state index >= 15 is 0 Å². The Morgan fingerprint density at radius 3 is 2.23 bits per heavy atom. The molecule has 7 heteroatoms. The number of carbonyl (C=O) groups is 1. The zero-order chi connectivity index (χ0) is 21.1. The lowest BCUT2D eigenvalue weighted by Crippen LogP contribution is -2.21. The first-order valence-electron chi connectivity index (χ1n) is 9.07. The van der Waals surface area contributed by atoms with Crippen molar-refractivity contribution < 1.29 is 13.9 Å². The minimum atomic E-state index is -0.880. The van der Waals surface area contributed by atoms with Gasteiger partial charge in [-0.1, -0.05) is 53.5 Å². The fraction of sp³-hybridized carbons (Fsp3) is 0.174. The van der Waals surface area contributed by atoms with Crippen molar-refractivity contribution in [3.63, 3.8) is 0 Å². The van der Waals surface area contributed by atoms with Crippen LogP contribution in [0.1, 0.15) is 35.8 Å². The average molecular weight is 469 g/mol. The molecular weight excluding hydrogens is 448 g/mol. The molecule has 1 atom stereocenters. The van der Waals surface area contributed by atoms with E-state index in [-0.39, 0.29) is 30.1 Å². The summed E-state index contributed by atoms with van der Waals surface area (Å²) in [6.45, 7) is 3.81. The number of halogens is 4. The zero-order valence-corrected chi connectivity index (χ0v) is 18.7. The number of benzene rings is 3. The maximum atomic E-state index is 14.3. The summed E-state index contributed by atoms with van der Waals surface area (Å²) in [5.41, 5.74) is 8.12. The van der Waals surface area contributed by atoms with E-state index < -0.39 is 6.04 Å². The smallest absolute Gasteiger partial charge is 0.184 e. The van der Waals surface area contributed by atoms with Crippen LogP contribution in [0, 0.1) is 5.82 Å². The van der Waals surface area contributed by atoms with Gasteiger partial charge in [0.15, 0.2) is 5.78 Å². The van der Waals surface area contributed by atoms with E-state index in [1.54, 1.807) is 54.6 Å². The molecule has 0 amide bonds. The van der Waals surface area contributed by atoms with Crippen LogP contribution in [0.2, 0.25) is 10.0 Å². The van der Waals surface area contributed by atoms with Crippen molar-refractivity contribution in [3.05, 3.63) is 87.7 Å². The highest BCUT2D eigenvalue weighted by Gasteiger charge is 2.19. The van der Waals surface area contributed by atoms with Gasteiger partial charge in [0, 0.05) is 11.1 Å². The highest BCUT2D eigenvalue weighted by atomic mass is 35.5. The molecule has 3 rings (SSSR count). The Morgan fingerprint density at radius 2 is 1.63 bits per heavy atom. The highest BCUT2D eigenvalue weighted by molar-refractivity contribution is 6.42. The standard InChI is InChI=1S/C23H20Cl2FNO2.ClH/c1-13(2)29-17-8-10-21(26)18(12-17)14-3-5-15(6-4-14)23(28)22(27)16-7-9-19(24)20(25)11-16;/h3-13,22H,27H2,1-2H3;1H. The molecule has 30 heavy (non-hydrogen) atoms. The van der Waals surface area contributed by atoms with Crippen LogP contribution in [0.4, 0.5) is 4.39 Å². The van der Waals surface area contributed by atoms with Crippen LogP contribution in [0.15, 0.2) is 60.7 Å². The molecule has 0 aliphatic carbocycles. The molecule has 0 saturated heterocycles. The lowest BCUT2D eigenvalue weighted by molar-refractivity contribution is 0.0961. The van der Waals surface area contributed by atoms with Gasteiger partial charge in [-0.25, -0.2) is 4.39 Å². The second-order valence-corrected chi connectivity index (χ2v) is 7.72. The molecule has 3 aromatic rings. The Morgan fingerprint density at radius 1 is 0.967 bits per heavy atom. The SMILES string of the molecule is CC(C)Oc1ccc(F)c(-c2ccc(C(=O)C(N)c3ccc(Cl)c(Cl)c3)cc2)c1.Cl. The molecule has 3 nitrogen and oxygen atoms in total. The number of ketones is 1. The number of Topliss-reactive ketones (excluding diaryl/α,β-unsaturated/α-hetero) is 1. The Kier molecular flexibility index (Phi) is 8.27. The van der Waals surface area contributed by atoms with Crippen molar-refractivity contribution in [2.45, 2.75) is 26.0 Å². The molecule has 0 fully saturated rings. The quantitative estimate of drug-likeness (QED) is 0.401. The third kappa shape index (κ3) is 5.52. The number of carbonyl (C=O) groups excluding carboxylic acids is 1. The summed E-state index contributed by atoms with van der Waals surface area (Å²) < 4.78 is 19.9. The Hall–Kier alpha value is -2.11. The monoisotopic (exact) mass is 467 g/mol. The van der Waals surface area contributed by atoms with Crippen LogP contribution in [-0.4, -0.2) is 11.9 Å². The summed E-state index contributed by atoms with van der Waals surface area (Å²) in [6.07, 6.45) is -0.0174. The molecule has 0 saturated carbocycles. The molecule has 0 aromatic heterocycles. The maximum Gasteiger partial charge on any atom is 0.184 e. The van der Waals surface area contributed by atoms with E-state index in [2.05, 4.69) is 0 Å². The zero-order valence-electron chi connectivity index (χ0n) is 16.4. The number of ether oxygens (including phenoxy) is 1. The van der Waals surface area contributed by atoms with Gasteiger partial charge in [0.25, 0.3) is 0 Å². The molecule has 0 radical (unpaired) electrons. The first kappa shape index (κ1) is 24.2. The van der Waals surface area contributed by atoms with Crippen molar-refractivity contribution in [2.24, 2.45) is 5.73 Å². The van der Waals surface area contributed by atoms with Crippen molar-refractivity contribution in [2.75, 3.05) is 0 Å². The predicted octanol–water partition coefficient (Wildman–Crippen LogP) is 6.89. The Labute approximate surface area is 191 Å². The summed E-state index contributed by atoms with van der Waals surface area (Å²) in [7, 11) is 0. The molecule has 2 N–H and O–H groups in total. The van der Waals surface area contributed by atoms with E-state index in [4.69, 9.17) is 33.7 Å². The molecule has 0 aliphatic rings. The number of rotatable bonds is 6. The molecule has 3 aromatic carbocycles. The number of nitrogens with two attached hydrogens (primary N) is 1. The van der Waals surface area contributed by atoms with E-state index in [1.165, 1.54) is 6.07 Å². The van der Waals surface area contributed by atoms with Gasteiger partial charge >= 0.3 is 0 Å². The summed E-state index contributed by atoms with van der Waals surface area (Å²) >= 11 is 11.9. The Bertz CT molecular complexity index is 1040. The highest BCUT2D eigenvalue weighted by Crippen LogP contribution is 2.29. The minimum absolute atomic E-state index is 0. The van der Waals surface area contributed by atoms with Crippen LogP contribution >= 0.6 is 35.6 Å². The van der Waals surface area contributed by atoms with Crippen LogP contribution in [0.5, 0.6) is 5.75 Å². The summed E-state index contributed by atoms with van der Waals surface area (Å²) in [5.74, 6) is -0.0572. The van der Waals surface area contributed by atoms with Crippen LogP contribution < -0.4 is 10.5 Å². The molecule has 0 bridgehead atoms. The van der Waals surface area contributed by atoms with E-state index in [0.717, 1.165) is 0 Å². The van der Waals surface area contributed by atoms with Crippen molar-refractivity contribution >= 4 is 41.4 Å². The van der Waals surface area contributed by atoms with Crippen LogP contribution in [0.3, 0.4) is 0 Å². The Balaban J connectivity index is 0.00000320. The molecular formula is C23H21Cl3FNO2. The van der Waals surface area contributed by atoms with Crippen molar-refractivity contribution in [3.8, 4) is 16.9 Å². The van der Waals surface area contributed by atoms with Crippen molar-refractivity contribution in [1.29, 1.82) is 0 Å². The van der Waals surface area contributed by atoms with Crippen LogP contribution in [0.25, 0.3) is 11.1 Å². The number of hydrogen-bond donors (Lipinski definition) is 1. The number of hydrogen-bond acceptors (Lipinski definition) is 3. The molecule has 0 heterocycles. The van der Waals surface area contributed by atoms with Gasteiger partial charge in [-0.05, 0) is 55.3 Å². The lowest BCUT2D eigenvalue weighted by Gasteiger charge is -2.13. The summed E-state index contributed by atoms with van der Waals surface area (Å²) in [4.78, 5) is 12.7. The van der Waals surface area contributed by atoms with Gasteiger partial charge < -0.3 is 10.5 Å². The molecule has 1 unspecified atom stereocenters. The van der Waals surface area contributed by atoms with Gasteiger partial charge in [-0.3, -0.25) is 4.79 Å². The van der Waals surface area contributed by atoms with Gasteiger partial charge in [0.1, 0.15) is 11.6 Å². The van der Waals surface area contributed by atoms with Gasteiger partial charge in [0.05, 0.1) is 22.2 Å². The fourth-order valence-corrected chi connectivity index (χ4v) is 3.23. The first-order valence-corrected chi connectivity index (χ1v) is 9.83. The topological polar surface area (TPSA) is 52.3 Å². The second kappa shape index (κ2) is 10.3. The predicted molar refractivity (Wildman–Crippen MR) is 123 cm³/mol. The minimum Gasteiger partial charge on any atom is -0.491 e. The fourth-order valence-electron chi connectivity index (χ4n) is 2.92. The summed E-state index contributed by atoms with van der Waals surface area (Å²) in [5, 5.41) is 0.729. The van der Waals surface area contributed by atoms with Crippen molar-refractivity contribution in [1.82, 2.24) is 0 Å². The van der Waals surface area contributed by atoms with Gasteiger partial charge in [0.2, 0.25) is 0 Å². The van der Waals surface area contributed by atoms with Gasteiger partial charge in [-0.2, -0.15) is 0 Å². The van der Waals surface area contributed by atoms with E-state index in [1.807, 2.05) is 13.8 Å². The molecule has 0 spiro atoms. The normalized spacial score (nSPS) is 11.7. The first-order chi connectivity index (χ1) is 13.8. The largest absolute Gasteiger partial charge is 0.491 e. The van der Waals surface area contributed by atoms with E-state index in [9.17, 15) is 9.18 Å². The second-order valence-electron chi connectivity index (χ2n) is 6.90. The molecule has 0 aliphatic heterocycles. The third-order valence-corrected chi connectivity index (χ3v) is 5.11.